The number of nitrogens with one attached hydrogen (secondary N) is 2. The van der Waals surface area contributed by atoms with E-state index >= 15 is 0 Å². The van der Waals surface area contributed by atoms with Crippen LogP contribution >= 0.6 is 39.1 Å². The van der Waals surface area contributed by atoms with Crippen molar-refractivity contribution in [2.75, 3.05) is 6.61 Å². The molecule has 2 aromatic rings. The van der Waals surface area contributed by atoms with Crippen LogP contribution < -0.4 is 15.6 Å². The number of halogens is 3. The lowest BCUT2D eigenvalue weighted by molar-refractivity contribution is -0.123. The van der Waals surface area contributed by atoms with Crippen molar-refractivity contribution in [1.29, 1.82) is 0 Å². The maximum Gasteiger partial charge on any atom is 0.276 e. The van der Waals surface area contributed by atoms with Gasteiger partial charge in [0.15, 0.2) is 6.61 Å². The molecule has 0 saturated carbocycles. The number of carbonyl (C=O) groups is 2. The van der Waals surface area contributed by atoms with E-state index in [0.29, 0.717) is 15.8 Å². The van der Waals surface area contributed by atoms with Crippen LogP contribution in [0.4, 0.5) is 0 Å². The number of hydrazine groups is 1. The maximum atomic E-state index is 11.9. The van der Waals surface area contributed by atoms with Gasteiger partial charge in [-0.1, -0.05) is 39.1 Å². The predicted molar refractivity (Wildman–Crippen MR) is 96.4 cm³/mol. The van der Waals surface area contributed by atoms with Crippen LogP contribution in [-0.2, 0) is 4.79 Å². The molecule has 0 aliphatic rings. The van der Waals surface area contributed by atoms with Crippen molar-refractivity contribution in [1.82, 2.24) is 10.9 Å². The van der Waals surface area contributed by atoms with Gasteiger partial charge in [0.1, 0.15) is 5.75 Å². The molecule has 2 amide bonds. The van der Waals surface area contributed by atoms with Gasteiger partial charge in [-0.2, -0.15) is 0 Å². The summed E-state index contributed by atoms with van der Waals surface area (Å²) in [7, 11) is 0. The average Bonchev–Trinajstić information content (AvgIpc) is 2.50. The van der Waals surface area contributed by atoms with Crippen LogP contribution in [-0.4, -0.2) is 18.4 Å². The molecular formula is C16H13BrCl2N2O3. The largest absolute Gasteiger partial charge is 0.483 e. The summed E-state index contributed by atoms with van der Waals surface area (Å²) in [6.07, 6.45) is 0. The van der Waals surface area contributed by atoms with E-state index in [1.165, 1.54) is 18.2 Å². The molecule has 0 radical (unpaired) electrons. The second kappa shape index (κ2) is 8.37. The third-order valence-corrected chi connectivity index (χ3v) is 3.87. The fraction of sp³-hybridized carbons (Fsp3) is 0.125. The molecule has 0 aliphatic heterocycles. The molecule has 5 nitrogen and oxygen atoms in total. The summed E-state index contributed by atoms with van der Waals surface area (Å²) in [5.41, 5.74) is 5.65. The Hall–Kier alpha value is -1.76. The van der Waals surface area contributed by atoms with Crippen molar-refractivity contribution in [2.45, 2.75) is 6.92 Å². The van der Waals surface area contributed by atoms with E-state index in [2.05, 4.69) is 26.8 Å². The summed E-state index contributed by atoms with van der Waals surface area (Å²) in [6, 6.07) is 9.82. The number of carbonyl (C=O) groups excluding carboxylic acids is 2. The zero-order valence-electron chi connectivity index (χ0n) is 12.5. The molecule has 0 heterocycles. The highest BCUT2D eigenvalue weighted by Crippen LogP contribution is 2.22. The summed E-state index contributed by atoms with van der Waals surface area (Å²) < 4.78 is 6.32. The number of ether oxygens (including phenoxy) is 1. The average molecular weight is 432 g/mol. The van der Waals surface area contributed by atoms with Crippen LogP contribution in [0.25, 0.3) is 0 Å². The second-order valence-electron chi connectivity index (χ2n) is 4.86. The van der Waals surface area contributed by atoms with Gasteiger partial charge in [0.2, 0.25) is 0 Å². The summed E-state index contributed by atoms with van der Waals surface area (Å²) >= 11 is 15.0. The highest BCUT2D eigenvalue weighted by molar-refractivity contribution is 9.10. The number of aryl methyl sites for hydroxylation is 1. The molecule has 0 aromatic heterocycles. The van der Waals surface area contributed by atoms with Gasteiger partial charge in [-0.05, 0) is 48.9 Å². The number of hydrogen-bond acceptors (Lipinski definition) is 3. The quantitative estimate of drug-likeness (QED) is 0.721. The highest BCUT2D eigenvalue weighted by atomic mass is 79.9. The molecule has 0 spiro atoms. The van der Waals surface area contributed by atoms with Gasteiger partial charge in [0, 0.05) is 20.1 Å². The van der Waals surface area contributed by atoms with Gasteiger partial charge in [0.05, 0.1) is 0 Å². The van der Waals surface area contributed by atoms with Gasteiger partial charge in [0.25, 0.3) is 11.8 Å². The molecule has 0 unspecified atom stereocenters. The zero-order valence-corrected chi connectivity index (χ0v) is 15.6. The minimum absolute atomic E-state index is 0.234. The molecule has 0 saturated heterocycles. The Bertz CT molecular complexity index is 764. The molecular weight excluding hydrogens is 419 g/mol. The first-order chi connectivity index (χ1) is 11.3. The Morgan fingerprint density at radius 2 is 1.75 bits per heavy atom. The third-order valence-electron chi connectivity index (χ3n) is 2.94. The lowest BCUT2D eigenvalue weighted by Gasteiger charge is -2.11. The van der Waals surface area contributed by atoms with Crippen molar-refractivity contribution in [3.8, 4) is 5.75 Å². The summed E-state index contributed by atoms with van der Waals surface area (Å²) in [6.45, 7) is 1.63. The number of amides is 2. The maximum absolute atomic E-state index is 11.9. The SMILES string of the molecule is Cc1cc(Br)ccc1OCC(=O)NNC(=O)c1cc(Cl)cc(Cl)c1. The summed E-state index contributed by atoms with van der Waals surface area (Å²) in [4.78, 5) is 23.7. The standard InChI is InChI=1S/C16H13BrCl2N2O3/c1-9-4-11(17)2-3-14(9)24-8-15(22)20-21-16(23)10-5-12(18)7-13(19)6-10/h2-7H,8H2,1H3,(H,20,22)(H,21,23). The van der Waals surface area contributed by atoms with E-state index in [4.69, 9.17) is 27.9 Å². The van der Waals surface area contributed by atoms with Gasteiger partial charge < -0.3 is 4.74 Å². The van der Waals surface area contributed by atoms with E-state index in [0.717, 1.165) is 10.0 Å². The molecule has 0 bridgehead atoms. The minimum Gasteiger partial charge on any atom is -0.483 e. The van der Waals surface area contributed by atoms with Crippen molar-refractivity contribution in [3.05, 3.63) is 62.0 Å². The lowest BCUT2D eigenvalue weighted by atomic mass is 10.2. The second-order valence-corrected chi connectivity index (χ2v) is 6.65. The molecule has 2 N–H and O–H groups in total. The van der Waals surface area contributed by atoms with Crippen LogP contribution in [0.1, 0.15) is 15.9 Å². The van der Waals surface area contributed by atoms with Crippen LogP contribution in [0.5, 0.6) is 5.75 Å². The molecule has 8 heteroatoms. The Morgan fingerprint density at radius 3 is 2.38 bits per heavy atom. The summed E-state index contributed by atoms with van der Waals surface area (Å²) in [5.74, 6) is -0.451. The van der Waals surface area contributed by atoms with Crippen LogP contribution in [0.2, 0.25) is 10.0 Å². The van der Waals surface area contributed by atoms with Crippen molar-refractivity contribution in [2.24, 2.45) is 0 Å². The first-order valence-corrected chi connectivity index (χ1v) is 8.34. The van der Waals surface area contributed by atoms with Crippen LogP contribution in [0.15, 0.2) is 40.9 Å². The Morgan fingerprint density at radius 1 is 1.08 bits per heavy atom. The van der Waals surface area contributed by atoms with Crippen LogP contribution in [0.3, 0.4) is 0 Å². The molecule has 24 heavy (non-hydrogen) atoms. The topological polar surface area (TPSA) is 67.4 Å². The van der Waals surface area contributed by atoms with Gasteiger partial charge in [-0.15, -0.1) is 0 Å². The Labute approximate surface area is 157 Å². The Balaban J connectivity index is 1.85. The smallest absolute Gasteiger partial charge is 0.276 e. The van der Waals surface area contributed by atoms with Crippen molar-refractivity contribution >= 4 is 50.9 Å². The predicted octanol–water partition coefficient (Wildman–Crippen LogP) is 3.90. The first-order valence-electron chi connectivity index (χ1n) is 6.79. The van der Waals surface area contributed by atoms with E-state index in [-0.39, 0.29) is 12.2 Å². The molecule has 0 fully saturated rings. The monoisotopic (exact) mass is 430 g/mol. The Kier molecular flexibility index (Phi) is 6.48. The molecule has 2 aromatic carbocycles. The molecule has 0 atom stereocenters. The summed E-state index contributed by atoms with van der Waals surface area (Å²) in [5, 5.41) is 0.654. The fourth-order valence-electron chi connectivity index (χ4n) is 1.84. The molecule has 126 valence electrons. The molecule has 2 rings (SSSR count). The van der Waals surface area contributed by atoms with E-state index in [1.54, 1.807) is 6.07 Å². The van der Waals surface area contributed by atoms with Crippen LogP contribution in [0, 0.1) is 6.92 Å². The van der Waals surface area contributed by atoms with Gasteiger partial charge in [-0.3, -0.25) is 20.4 Å². The lowest BCUT2D eigenvalue weighted by Crippen LogP contribution is -2.43. The van der Waals surface area contributed by atoms with Gasteiger partial charge >= 0.3 is 0 Å². The normalized spacial score (nSPS) is 10.2. The third kappa shape index (κ3) is 5.40. The van der Waals surface area contributed by atoms with Crippen molar-refractivity contribution < 1.29 is 14.3 Å². The minimum atomic E-state index is -0.535. The number of hydrogen-bond donors (Lipinski definition) is 2. The zero-order chi connectivity index (χ0) is 17.7. The van der Waals surface area contributed by atoms with E-state index in [9.17, 15) is 9.59 Å². The molecule has 0 aliphatic carbocycles. The first kappa shape index (κ1) is 18.6. The van der Waals surface area contributed by atoms with E-state index in [1.807, 2.05) is 19.1 Å². The number of benzene rings is 2. The highest BCUT2D eigenvalue weighted by Gasteiger charge is 2.10. The van der Waals surface area contributed by atoms with Crippen molar-refractivity contribution in [3.63, 3.8) is 0 Å². The van der Waals surface area contributed by atoms with Gasteiger partial charge in [-0.25, -0.2) is 0 Å². The number of rotatable bonds is 4. The fourth-order valence-corrected chi connectivity index (χ4v) is 2.84. The van der Waals surface area contributed by atoms with E-state index < -0.39 is 11.8 Å².